The van der Waals surface area contributed by atoms with Crippen molar-refractivity contribution in [3.05, 3.63) is 34.1 Å². The lowest BCUT2D eigenvalue weighted by atomic mass is 9.72. The topological polar surface area (TPSA) is 12.0 Å². The molecule has 1 fully saturated rings. The smallest absolute Gasteiger partial charge is 0.128 e. The predicted molar refractivity (Wildman–Crippen MR) is 86.3 cm³/mol. The van der Waals surface area contributed by atoms with Gasteiger partial charge in [0, 0.05) is 16.1 Å². The summed E-state index contributed by atoms with van der Waals surface area (Å²) in [6.07, 6.45) is 6.30. The molecule has 0 spiro atoms. The molecule has 3 unspecified atom stereocenters. The maximum absolute atomic E-state index is 14.3. The van der Waals surface area contributed by atoms with Gasteiger partial charge in [-0.25, -0.2) is 4.39 Å². The fraction of sp³-hybridized carbons (Fsp3) is 0.647. The summed E-state index contributed by atoms with van der Waals surface area (Å²) >= 11 is 3.48. The number of hydrogen-bond donors (Lipinski definition) is 1. The second-order valence-electron chi connectivity index (χ2n) is 5.82. The average molecular weight is 342 g/mol. The van der Waals surface area contributed by atoms with Gasteiger partial charge in [-0.05, 0) is 43.0 Å². The van der Waals surface area contributed by atoms with E-state index < -0.39 is 0 Å². The molecule has 0 saturated heterocycles. The number of halogens is 2. The van der Waals surface area contributed by atoms with Crippen molar-refractivity contribution in [1.82, 2.24) is 5.32 Å². The minimum atomic E-state index is -0.0837. The molecule has 0 radical (unpaired) electrons. The fourth-order valence-electron chi connectivity index (χ4n) is 3.65. The molecule has 1 aliphatic carbocycles. The maximum atomic E-state index is 14.3. The minimum absolute atomic E-state index is 0.0837. The van der Waals surface area contributed by atoms with E-state index in [2.05, 4.69) is 35.1 Å². The second kappa shape index (κ2) is 7.56. The second-order valence-corrected chi connectivity index (χ2v) is 6.73. The Labute approximate surface area is 130 Å². The molecule has 0 aliphatic heterocycles. The molecule has 1 nitrogen and oxygen atoms in total. The Bertz CT molecular complexity index is 435. The Morgan fingerprint density at radius 2 is 2.05 bits per heavy atom. The molecule has 1 saturated carbocycles. The third-order valence-electron chi connectivity index (χ3n) is 4.64. The number of hydrogen-bond acceptors (Lipinski definition) is 1. The van der Waals surface area contributed by atoms with E-state index in [9.17, 15) is 4.39 Å². The van der Waals surface area contributed by atoms with Crippen molar-refractivity contribution >= 4 is 15.9 Å². The summed E-state index contributed by atoms with van der Waals surface area (Å²) < 4.78 is 15.2. The summed E-state index contributed by atoms with van der Waals surface area (Å²) in [7, 11) is 0. The van der Waals surface area contributed by atoms with E-state index in [0.29, 0.717) is 11.8 Å². The lowest BCUT2D eigenvalue weighted by Crippen LogP contribution is -2.35. The highest BCUT2D eigenvalue weighted by Crippen LogP contribution is 2.41. The number of nitrogens with one attached hydrogen (secondary N) is 1. The monoisotopic (exact) mass is 341 g/mol. The van der Waals surface area contributed by atoms with Crippen molar-refractivity contribution in [3.8, 4) is 0 Å². The van der Waals surface area contributed by atoms with Gasteiger partial charge in [0.1, 0.15) is 5.82 Å². The molecule has 0 heterocycles. The van der Waals surface area contributed by atoms with Crippen LogP contribution in [0.2, 0.25) is 0 Å². The predicted octanol–water partition coefficient (Wildman–Crippen LogP) is 5.46. The summed E-state index contributed by atoms with van der Waals surface area (Å²) in [5.74, 6) is 1.18. The molecule has 1 N–H and O–H groups in total. The highest BCUT2D eigenvalue weighted by molar-refractivity contribution is 9.10. The first kappa shape index (κ1) is 16.0. The molecule has 3 atom stereocenters. The quantitative estimate of drug-likeness (QED) is 0.750. The molecule has 1 aliphatic rings. The largest absolute Gasteiger partial charge is 0.310 e. The molecule has 1 aromatic carbocycles. The van der Waals surface area contributed by atoms with Gasteiger partial charge < -0.3 is 5.32 Å². The van der Waals surface area contributed by atoms with Crippen LogP contribution >= 0.6 is 15.9 Å². The van der Waals surface area contributed by atoms with Gasteiger partial charge in [0.25, 0.3) is 0 Å². The molecule has 0 amide bonds. The molecule has 2 rings (SSSR count). The van der Waals surface area contributed by atoms with Crippen LogP contribution in [0.4, 0.5) is 4.39 Å². The molecule has 112 valence electrons. The lowest BCUT2D eigenvalue weighted by Gasteiger charge is -2.37. The van der Waals surface area contributed by atoms with Crippen LogP contribution in [0, 0.1) is 17.7 Å². The molecule has 1 aromatic rings. The lowest BCUT2D eigenvalue weighted by molar-refractivity contribution is 0.174. The first-order valence-corrected chi connectivity index (χ1v) is 8.65. The molecule has 0 aromatic heterocycles. The Hall–Kier alpha value is -0.410. The van der Waals surface area contributed by atoms with Crippen LogP contribution in [0.1, 0.15) is 57.6 Å². The van der Waals surface area contributed by atoms with E-state index in [-0.39, 0.29) is 11.9 Å². The molecule has 3 heteroatoms. The van der Waals surface area contributed by atoms with E-state index in [1.54, 1.807) is 12.1 Å². The number of rotatable bonds is 5. The Kier molecular flexibility index (Phi) is 6.03. The molecule has 0 bridgehead atoms. The van der Waals surface area contributed by atoms with Crippen molar-refractivity contribution in [2.45, 2.75) is 52.0 Å². The first-order valence-electron chi connectivity index (χ1n) is 7.85. The fourth-order valence-corrected chi connectivity index (χ4v) is 4.03. The van der Waals surface area contributed by atoms with E-state index in [1.807, 2.05) is 6.07 Å². The maximum Gasteiger partial charge on any atom is 0.128 e. The minimum Gasteiger partial charge on any atom is -0.310 e. The van der Waals surface area contributed by atoms with Gasteiger partial charge in [-0.2, -0.15) is 0 Å². The zero-order chi connectivity index (χ0) is 14.5. The molecular weight excluding hydrogens is 317 g/mol. The Balaban J connectivity index is 2.31. The normalized spacial score (nSPS) is 24.6. The van der Waals surface area contributed by atoms with Gasteiger partial charge >= 0.3 is 0 Å². The number of benzene rings is 1. The summed E-state index contributed by atoms with van der Waals surface area (Å²) in [6, 6.07) is 5.44. The SMILES string of the molecule is CCNC(c1cc(Br)ccc1F)C1CCCCC1CC. The summed E-state index contributed by atoms with van der Waals surface area (Å²) in [6.45, 7) is 5.25. The van der Waals surface area contributed by atoms with E-state index in [0.717, 1.165) is 16.6 Å². The van der Waals surface area contributed by atoms with Crippen molar-refractivity contribution in [3.63, 3.8) is 0 Å². The summed E-state index contributed by atoms with van der Waals surface area (Å²) in [5.41, 5.74) is 0.826. The molecular formula is C17H25BrFN. The van der Waals surface area contributed by atoms with Crippen LogP contribution in [0.25, 0.3) is 0 Å². The van der Waals surface area contributed by atoms with Gasteiger partial charge in [0.15, 0.2) is 0 Å². The zero-order valence-corrected chi connectivity index (χ0v) is 14.0. The van der Waals surface area contributed by atoms with Crippen molar-refractivity contribution in [2.75, 3.05) is 6.54 Å². The van der Waals surface area contributed by atoms with Crippen LogP contribution in [-0.4, -0.2) is 6.54 Å². The third kappa shape index (κ3) is 3.62. The van der Waals surface area contributed by atoms with Crippen LogP contribution in [-0.2, 0) is 0 Å². The zero-order valence-electron chi connectivity index (χ0n) is 12.5. The van der Waals surface area contributed by atoms with E-state index >= 15 is 0 Å². The third-order valence-corrected chi connectivity index (χ3v) is 5.13. The molecule has 20 heavy (non-hydrogen) atoms. The van der Waals surface area contributed by atoms with Gasteiger partial charge in [-0.15, -0.1) is 0 Å². The highest BCUT2D eigenvalue weighted by atomic mass is 79.9. The van der Waals surface area contributed by atoms with Crippen LogP contribution < -0.4 is 5.32 Å². The first-order chi connectivity index (χ1) is 9.67. The van der Waals surface area contributed by atoms with Gasteiger partial charge in [-0.1, -0.05) is 55.5 Å². The van der Waals surface area contributed by atoms with Crippen LogP contribution in [0.3, 0.4) is 0 Å². The van der Waals surface area contributed by atoms with Crippen molar-refractivity contribution in [1.29, 1.82) is 0 Å². The van der Waals surface area contributed by atoms with Gasteiger partial charge in [-0.3, -0.25) is 0 Å². The summed E-state index contributed by atoms with van der Waals surface area (Å²) in [5, 5.41) is 3.54. The van der Waals surface area contributed by atoms with E-state index in [4.69, 9.17) is 0 Å². The van der Waals surface area contributed by atoms with E-state index in [1.165, 1.54) is 32.1 Å². The van der Waals surface area contributed by atoms with Crippen molar-refractivity contribution in [2.24, 2.45) is 11.8 Å². The van der Waals surface area contributed by atoms with Gasteiger partial charge in [0.2, 0.25) is 0 Å². The highest BCUT2D eigenvalue weighted by Gasteiger charge is 2.32. The standard InChI is InChI=1S/C17H25BrFN/c1-3-12-7-5-6-8-14(12)17(20-4-2)15-11-13(18)9-10-16(15)19/h9-12,14,17,20H,3-8H2,1-2H3. The Morgan fingerprint density at radius 3 is 2.75 bits per heavy atom. The van der Waals surface area contributed by atoms with Crippen molar-refractivity contribution < 1.29 is 4.39 Å². The summed E-state index contributed by atoms with van der Waals surface area (Å²) in [4.78, 5) is 0. The van der Waals surface area contributed by atoms with Crippen LogP contribution in [0.5, 0.6) is 0 Å². The van der Waals surface area contributed by atoms with Crippen LogP contribution in [0.15, 0.2) is 22.7 Å². The Morgan fingerprint density at radius 1 is 1.30 bits per heavy atom. The average Bonchev–Trinajstić information content (AvgIpc) is 2.47. The van der Waals surface area contributed by atoms with Gasteiger partial charge in [0.05, 0.1) is 0 Å².